The van der Waals surface area contributed by atoms with E-state index in [1.54, 1.807) is 7.11 Å². The largest absolute Gasteiger partial charge is 0.496 e. The van der Waals surface area contributed by atoms with E-state index < -0.39 is 0 Å². The highest BCUT2D eigenvalue weighted by Gasteiger charge is 2.01. The average Bonchev–Trinajstić information content (AvgIpc) is 2.18. The Kier molecular flexibility index (Phi) is 4.62. The maximum absolute atomic E-state index is 5.12. The van der Waals surface area contributed by atoms with Gasteiger partial charge in [-0.3, -0.25) is 0 Å². The van der Waals surface area contributed by atoms with E-state index in [4.69, 9.17) is 14.0 Å². The molecule has 0 fully saturated rings. The number of benzene rings is 1. The topological polar surface area (TPSA) is 27.7 Å². The molecule has 3 nitrogen and oxygen atoms in total. The standard InChI is InChI=1S/C10H14O3S/c1-4-14-13-12-9-5-6-10(11-3)8(2)7-9/h5-7H,4H2,1-3H3. The molecule has 0 saturated carbocycles. The molecule has 0 N–H and O–H groups in total. The van der Waals surface area contributed by atoms with Gasteiger partial charge in [0.05, 0.1) is 7.11 Å². The van der Waals surface area contributed by atoms with Crippen molar-refractivity contribution >= 4 is 12.0 Å². The van der Waals surface area contributed by atoms with Gasteiger partial charge in [-0.05, 0) is 30.7 Å². The molecule has 0 spiro atoms. The number of hydrogen-bond acceptors (Lipinski definition) is 4. The molecule has 1 aromatic rings. The molecule has 0 aliphatic rings. The summed E-state index contributed by atoms with van der Waals surface area (Å²) in [5.41, 5.74) is 1.02. The van der Waals surface area contributed by atoms with Gasteiger partial charge in [0.1, 0.15) is 5.75 Å². The Morgan fingerprint density at radius 3 is 2.71 bits per heavy atom. The first kappa shape index (κ1) is 11.2. The predicted octanol–water partition coefficient (Wildman–Crippen LogP) is 2.98. The van der Waals surface area contributed by atoms with E-state index in [2.05, 4.69) is 0 Å². The third-order valence-electron chi connectivity index (χ3n) is 1.66. The molecule has 0 aliphatic carbocycles. The van der Waals surface area contributed by atoms with Crippen molar-refractivity contribution < 1.29 is 14.0 Å². The fraction of sp³-hybridized carbons (Fsp3) is 0.400. The second-order valence-corrected chi connectivity index (χ2v) is 3.64. The van der Waals surface area contributed by atoms with Gasteiger partial charge >= 0.3 is 0 Å². The summed E-state index contributed by atoms with van der Waals surface area (Å²) in [5, 5.41) is 0. The van der Waals surface area contributed by atoms with Crippen molar-refractivity contribution in [1.82, 2.24) is 0 Å². The SMILES string of the molecule is CCSOOc1ccc(OC)c(C)c1. The summed E-state index contributed by atoms with van der Waals surface area (Å²) in [6.07, 6.45) is 0. The summed E-state index contributed by atoms with van der Waals surface area (Å²) in [6, 6.07) is 5.53. The van der Waals surface area contributed by atoms with Gasteiger partial charge in [0.25, 0.3) is 0 Å². The van der Waals surface area contributed by atoms with Crippen LogP contribution < -0.4 is 9.62 Å². The van der Waals surface area contributed by atoms with E-state index in [1.165, 1.54) is 12.0 Å². The minimum Gasteiger partial charge on any atom is -0.496 e. The maximum atomic E-state index is 5.12. The molecule has 0 bridgehead atoms. The lowest BCUT2D eigenvalue weighted by atomic mass is 10.2. The molecule has 0 aromatic heterocycles. The van der Waals surface area contributed by atoms with Crippen LogP contribution in [0.3, 0.4) is 0 Å². The van der Waals surface area contributed by atoms with E-state index >= 15 is 0 Å². The monoisotopic (exact) mass is 214 g/mol. The molecule has 4 heteroatoms. The summed E-state index contributed by atoms with van der Waals surface area (Å²) in [5.74, 6) is 2.39. The smallest absolute Gasteiger partial charge is 0.167 e. The van der Waals surface area contributed by atoms with Crippen LogP contribution in [0.5, 0.6) is 11.5 Å². The molecular formula is C10H14O3S. The van der Waals surface area contributed by atoms with Gasteiger partial charge in [0.15, 0.2) is 5.75 Å². The van der Waals surface area contributed by atoms with Crippen molar-refractivity contribution in [1.29, 1.82) is 0 Å². The highest BCUT2D eigenvalue weighted by molar-refractivity contribution is 7.94. The molecule has 0 saturated heterocycles. The molecule has 0 atom stereocenters. The second-order valence-electron chi connectivity index (χ2n) is 2.69. The number of hydrogen-bond donors (Lipinski definition) is 0. The fourth-order valence-corrected chi connectivity index (χ4v) is 1.24. The molecule has 0 unspecified atom stereocenters. The van der Waals surface area contributed by atoms with Crippen LogP contribution in [0.1, 0.15) is 12.5 Å². The van der Waals surface area contributed by atoms with Gasteiger partial charge in [-0.2, -0.15) is 0 Å². The van der Waals surface area contributed by atoms with Crippen LogP contribution in [0.4, 0.5) is 0 Å². The van der Waals surface area contributed by atoms with Gasteiger partial charge in [-0.1, -0.05) is 6.92 Å². The first-order valence-electron chi connectivity index (χ1n) is 4.38. The van der Waals surface area contributed by atoms with Gasteiger partial charge in [-0.25, -0.2) is 0 Å². The highest BCUT2D eigenvalue weighted by atomic mass is 32.2. The van der Waals surface area contributed by atoms with Crippen molar-refractivity contribution in [3.63, 3.8) is 0 Å². The molecule has 0 heterocycles. The van der Waals surface area contributed by atoms with Crippen molar-refractivity contribution in [2.24, 2.45) is 0 Å². The Morgan fingerprint density at radius 1 is 1.36 bits per heavy atom. The summed E-state index contributed by atoms with van der Waals surface area (Å²) in [4.78, 5) is 5.03. The van der Waals surface area contributed by atoms with E-state index in [1.807, 2.05) is 32.0 Å². The Morgan fingerprint density at radius 2 is 2.14 bits per heavy atom. The average molecular weight is 214 g/mol. The first-order valence-corrected chi connectivity index (χ1v) is 5.29. The summed E-state index contributed by atoms with van der Waals surface area (Å²) in [6.45, 7) is 3.95. The first-order chi connectivity index (χ1) is 6.77. The minimum absolute atomic E-state index is 0.684. The number of aryl methyl sites for hydroxylation is 1. The van der Waals surface area contributed by atoms with E-state index in [-0.39, 0.29) is 0 Å². The van der Waals surface area contributed by atoms with Crippen LogP contribution in [0, 0.1) is 6.92 Å². The number of methoxy groups -OCH3 is 1. The van der Waals surface area contributed by atoms with Gasteiger partial charge in [-0.15, -0.1) is 4.33 Å². The zero-order chi connectivity index (χ0) is 10.4. The fourth-order valence-electron chi connectivity index (χ4n) is 1.01. The zero-order valence-corrected chi connectivity index (χ0v) is 9.39. The Hall–Kier alpha value is -0.870. The number of ether oxygens (including phenoxy) is 1. The van der Waals surface area contributed by atoms with Gasteiger partial charge < -0.3 is 9.62 Å². The Labute approximate surface area is 88.5 Å². The molecule has 78 valence electrons. The molecule has 1 aromatic carbocycles. The summed E-state index contributed by atoms with van der Waals surface area (Å²) in [7, 11) is 1.65. The van der Waals surface area contributed by atoms with E-state index in [9.17, 15) is 0 Å². The van der Waals surface area contributed by atoms with Gasteiger partial charge in [0, 0.05) is 17.8 Å². The lowest BCUT2D eigenvalue weighted by Crippen LogP contribution is -1.92. The van der Waals surface area contributed by atoms with E-state index in [0.717, 1.165) is 17.1 Å². The number of rotatable bonds is 5. The molecule has 14 heavy (non-hydrogen) atoms. The molecule has 1 rings (SSSR count). The van der Waals surface area contributed by atoms with E-state index in [0.29, 0.717) is 5.75 Å². The Balaban J connectivity index is 2.57. The summed E-state index contributed by atoms with van der Waals surface area (Å²) >= 11 is 1.27. The normalized spacial score (nSPS) is 9.93. The van der Waals surface area contributed by atoms with Crippen LogP contribution in [0.15, 0.2) is 18.2 Å². The lowest BCUT2D eigenvalue weighted by Gasteiger charge is -2.06. The van der Waals surface area contributed by atoms with Crippen molar-refractivity contribution in [3.8, 4) is 11.5 Å². The Bertz CT molecular complexity index is 289. The van der Waals surface area contributed by atoms with Crippen LogP contribution in [0.25, 0.3) is 0 Å². The van der Waals surface area contributed by atoms with Crippen LogP contribution in [-0.4, -0.2) is 12.9 Å². The molecule has 0 amide bonds. The lowest BCUT2D eigenvalue weighted by molar-refractivity contribution is -0.0776. The zero-order valence-electron chi connectivity index (χ0n) is 8.57. The highest BCUT2D eigenvalue weighted by Crippen LogP contribution is 2.23. The van der Waals surface area contributed by atoms with Gasteiger partial charge in [0.2, 0.25) is 0 Å². The van der Waals surface area contributed by atoms with Crippen LogP contribution in [0.2, 0.25) is 0 Å². The van der Waals surface area contributed by atoms with Crippen molar-refractivity contribution in [2.45, 2.75) is 13.8 Å². The minimum atomic E-state index is 0.684. The summed E-state index contributed by atoms with van der Waals surface area (Å²) < 4.78 is 10.00. The van der Waals surface area contributed by atoms with Crippen LogP contribution in [-0.2, 0) is 4.33 Å². The third kappa shape index (κ3) is 3.12. The predicted molar refractivity (Wildman–Crippen MR) is 57.6 cm³/mol. The molecule has 0 radical (unpaired) electrons. The maximum Gasteiger partial charge on any atom is 0.167 e. The van der Waals surface area contributed by atoms with Crippen molar-refractivity contribution in [2.75, 3.05) is 12.9 Å². The molecule has 0 aliphatic heterocycles. The second kappa shape index (κ2) is 5.78. The quantitative estimate of drug-likeness (QED) is 0.326. The van der Waals surface area contributed by atoms with Crippen molar-refractivity contribution in [3.05, 3.63) is 23.8 Å². The third-order valence-corrected chi connectivity index (χ3v) is 2.06. The molecular weight excluding hydrogens is 200 g/mol. The van der Waals surface area contributed by atoms with Crippen LogP contribution >= 0.6 is 12.0 Å².